The van der Waals surface area contributed by atoms with Crippen molar-refractivity contribution >= 4 is 17.7 Å². The molecule has 0 spiro atoms. The number of hydrogen-bond donors (Lipinski definition) is 2. The van der Waals surface area contributed by atoms with Gasteiger partial charge in [-0.1, -0.05) is 11.8 Å². The van der Waals surface area contributed by atoms with E-state index < -0.39 is 11.5 Å². The highest BCUT2D eigenvalue weighted by molar-refractivity contribution is 7.99. The lowest BCUT2D eigenvalue weighted by molar-refractivity contribution is -0.145. The SMILES string of the molecule is CC(C)NC(CSc1nccn1C)(C(=O)O)C1CC1. The molecule has 1 aliphatic carbocycles. The van der Waals surface area contributed by atoms with E-state index in [-0.39, 0.29) is 12.0 Å². The number of rotatable bonds is 7. The smallest absolute Gasteiger partial charge is 0.325 e. The highest BCUT2D eigenvalue weighted by atomic mass is 32.2. The number of aryl methyl sites for hydroxylation is 1. The Hall–Kier alpha value is -1.01. The van der Waals surface area contributed by atoms with Crippen molar-refractivity contribution in [3.63, 3.8) is 0 Å². The van der Waals surface area contributed by atoms with Crippen LogP contribution in [0.5, 0.6) is 0 Å². The van der Waals surface area contributed by atoms with Crippen molar-refractivity contribution in [1.29, 1.82) is 0 Å². The van der Waals surface area contributed by atoms with Gasteiger partial charge in [0.1, 0.15) is 5.54 Å². The molecule has 2 rings (SSSR count). The van der Waals surface area contributed by atoms with Crippen LogP contribution in [0.1, 0.15) is 26.7 Å². The minimum atomic E-state index is -0.829. The highest BCUT2D eigenvalue weighted by Crippen LogP contribution is 2.42. The molecule has 0 bridgehead atoms. The van der Waals surface area contributed by atoms with Gasteiger partial charge in [-0.25, -0.2) is 4.98 Å². The fraction of sp³-hybridized carbons (Fsp3) is 0.692. The van der Waals surface area contributed by atoms with Gasteiger partial charge in [-0.2, -0.15) is 0 Å². The third-order valence-corrected chi connectivity index (χ3v) is 4.66. The highest BCUT2D eigenvalue weighted by Gasteiger charge is 2.51. The summed E-state index contributed by atoms with van der Waals surface area (Å²) in [5.74, 6) is 0.00123. The van der Waals surface area contributed by atoms with Gasteiger partial charge in [-0.05, 0) is 32.6 Å². The molecule has 6 heteroatoms. The van der Waals surface area contributed by atoms with Crippen molar-refractivity contribution in [2.75, 3.05) is 5.75 Å². The molecule has 0 radical (unpaired) electrons. The fourth-order valence-corrected chi connectivity index (χ4v) is 3.54. The average molecular weight is 283 g/mol. The Morgan fingerprint density at radius 2 is 2.37 bits per heavy atom. The first-order chi connectivity index (χ1) is 8.95. The Balaban J connectivity index is 2.13. The Morgan fingerprint density at radius 3 is 2.79 bits per heavy atom. The monoisotopic (exact) mass is 283 g/mol. The lowest BCUT2D eigenvalue weighted by Crippen LogP contribution is -2.58. The zero-order valence-corrected chi connectivity index (χ0v) is 12.4. The van der Waals surface area contributed by atoms with Crippen molar-refractivity contribution in [3.8, 4) is 0 Å². The number of nitrogens with one attached hydrogen (secondary N) is 1. The summed E-state index contributed by atoms with van der Waals surface area (Å²) in [6, 6.07) is 0.152. The summed E-state index contributed by atoms with van der Waals surface area (Å²) < 4.78 is 1.92. The Morgan fingerprint density at radius 1 is 1.68 bits per heavy atom. The van der Waals surface area contributed by atoms with E-state index in [4.69, 9.17) is 0 Å². The standard InChI is InChI=1S/C13H21N3O2S/c1-9(2)15-13(11(17)18,10-4-5-10)8-19-12-14-6-7-16(12)3/h6-7,9-10,15H,4-5,8H2,1-3H3,(H,17,18). The maximum absolute atomic E-state index is 11.8. The minimum Gasteiger partial charge on any atom is -0.480 e. The molecule has 1 aromatic heterocycles. The molecular formula is C13H21N3O2S. The predicted octanol–water partition coefficient (Wildman–Crippen LogP) is 1.74. The van der Waals surface area contributed by atoms with Gasteiger partial charge in [-0.3, -0.25) is 10.1 Å². The number of aliphatic carboxylic acids is 1. The third-order valence-electron chi connectivity index (χ3n) is 3.41. The number of carbonyl (C=O) groups is 1. The number of nitrogens with zero attached hydrogens (tertiary/aromatic N) is 2. The number of aromatic nitrogens is 2. The van der Waals surface area contributed by atoms with Gasteiger partial charge in [0.15, 0.2) is 5.16 Å². The van der Waals surface area contributed by atoms with Gasteiger partial charge in [0, 0.05) is 31.2 Å². The number of thioether (sulfide) groups is 1. The molecule has 106 valence electrons. The fourth-order valence-electron chi connectivity index (χ4n) is 2.34. The zero-order chi connectivity index (χ0) is 14.0. The van der Waals surface area contributed by atoms with Crippen molar-refractivity contribution in [3.05, 3.63) is 12.4 Å². The normalized spacial score (nSPS) is 18.5. The molecule has 1 unspecified atom stereocenters. The first-order valence-corrected chi connectivity index (χ1v) is 7.55. The maximum atomic E-state index is 11.8. The Labute approximate surface area is 117 Å². The van der Waals surface area contributed by atoms with Gasteiger partial charge in [0.2, 0.25) is 0 Å². The van der Waals surface area contributed by atoms with Gasteiger partial charge in [0.05, 0.1) is 0 Å². The van der Waals surface area contributed by atoms with E-state index in [0.717, 1.165) is 18.0 Å². The van der Waals surface area contributed by atoms with Gasteiger partial charge in [-0.15, -0.1) is 0 Å². The van der Waals surface area contributed by atoms with Crippen LogP contribution in [0.3, 0.4) is 0 Å². The number of carboxylic acids is 1. The lowest BCUT2D eigenvalue weighted by Gasteiger charge is -2.32. The Bertz CT molecular complexity index is 456. The molecule has 0 aliphatic heterocycles. The van der Waals surface area contributed by atoms with Crippen molar-refractivity contribution < 1.29 is 9.90 Å². The molecule has 0 amide bonds. The molecule has 1 saturated carbocycles. The van der Waals surface area contributed by atoms with E-state index in [2.05, 4.69) is 10.3 Å². The molecule has 1 fully saturated rings. The molecule has 1 atom stereocenters. The maximum Gasteiger partial charge on any atom is 0.325 e. The zero-order valence-electron chi connectivity index (χ0n) is 11.6. The topological polar surface area (TPSA) is 67.2 Å². The molecule has 5 nitrogen and oxygen atoms in total. The second-order valence-corrected chi connectivity index (χ2v) is 6.40. The van der Waals surface area contributed by atoms with Crippen LogP contribution in [0.15, 0.2) is 17.6 Å². The molecule has 0 saturated heterocycles. The largest absolute Gasteiger partial charge is 0.480 e. The molecule has 1 heterocycles. The van der Waals surface area contributed by atoms with E-state index in [0.29, 0.717) is 5.75 Å². The van der Waals surface area contributed by atoms with Crippen LogP contribution in [-0.4, -0.2) is 38.0 Å². The first kappa shape index (κ1) is 14.4. The molecule has 2 N–H and O–H groups in total. The molecule has 1 aliphatic rings. The Kier molecular flexibility index (Phi) is 4.20. The summed E-state index contributed by atoms with van der Waals surface area (Å²) in [6.45, 7) is 3.98. The molecule has 1 aromatic rings. The van der Waals surface area contributed by atoms with Crippen LogP contribution < -0.4 is 5.32 Å². The summed E-state index contributed by atoms with van der Waals surface area (Å²) in [5.41, 5.74) is -0.829. The van der Waals surface area contributed by atoms with E-state index >= 15 is 0 Å². The van der Waals surface area contributed by atoms with Crippen LogP contribution in [0.25, 0.3) is 0 Å². The van der Waals surface area contributed by atoms with Crippen LogP contribution in [0.4, 0.5) is 0 Å². The molecular weight excluding hydrogens is 262 g/mol. The molecule has 19 heavy (non-hydrogen) atoms. The number of hydrogen-bond acceptors (Lipinski definition) is 4. The molecule has 0 aromatic carbocycles. The summed E-state index contributed by atoms with van der Waals surface area (Å²) in [4.78, 5) is 16.0. The van der Waals surface area contributed by atoms with Crippen LogP contribution in [0.2, 0.25) is 0 Å². The average Bonchev–Trinajstić information content (AvgIpc) is 3.09. The quantitative estimate of drug-likeness (QED) is 0.746. The summed E-state index contributed by atoms with van der Waals surface area (Å²) in [7, 11) is 1.92. The van der Waals surface area contributed by atoms with E-state index in [1.165, 1.54) is 11.8 Å². The van der Waals surface area contributed by atoms with Crippen LogP contribution in [0, 0.1) is 5.92 Å². The van der Waals surface area contributed by atoms with E-state index in [1.54, 1.807) is 6.20 Å². The van der Waals surface area contributed by atoms with Gasteiger partial charge < -0.3 is 9.67 Å². The first-order valence-electron chi connectivity index (χ1n) is 6.57. The lowest BCUT2D eigenvalue weighted by atomic mass is 9.94. The number of imidazole rings is 1. The van der Waals surface area contributed by atoms with Gasteiger partial charge in [0.25, 0.3) is 0 Å². The van der Waals surface area contributed by atoms with Crippen LogP contribution >= 0.6 is 11.8 Å². The van der Waals surface area contributed by atoms with Crippen molar-refractivity contribution in [2.24, 2.45) is 13.0 Å². The summed E-state index contributed by atoms with van der Waals surface area (Å²) in [5, 5.41) is 13.8. The van der Waals surface area contributed by atoms with Crippen LogP contribution in [-0.2, 0) is 11.8 Å². The van der Waals surface area contributed by atoms with Crippen molar-refractivity contribution in [1.82, 2.24) is 14.9 Å². The van der Waals surface area contributed by atoms with E-state index in [1.807, 2.05) is 31.7 Å². The second kappa shape index (κ2) is 5.54. The second-order valence-electron chi connectivity index (χ2n) is 5.46. The minimum absolute atomic E-state index is 0.152. The number of carboxylic acid groups (broad SMARTS) is 1. The third kappa shape index (κ3) is 3.12. The predicted molar refractivity (Wildman–Crippen MR) is 75.3 cm³/mol. The van der Waals surface area contributed by atoms with E-state index in [9.17, 15) is 9.90 Å². The van der Waals surface area contributed by atoms with Crippen molar-refractivity contribution in [2.45, 2.75) is 43.4 Å². The summed E-state index contributed by atoms with van der Waals surface area (Å²) >= 11 is 1.51. The summed E-state index contributed by atoms with van der Waals surface area (Å²) in [6.07, 6.45) is 5.59. The van der Waals surface area contributed by atoms with Gasteiger partial charge >= 0.3 is 5.97 Å².